The lowest BCUT2D eigenvalue weighted by molar-refractivity contribution is 0.0318. The normalized spacial score (nSPS) is 14.1. The first-order valence-corrected chi connectivity index (χ1v) is 8.91. The molecule has 0 spiro atoms. The van der Waals surface area contributed by atoms with Crippen molar-refractivity contribution in [2.24, 2.45) is 0 Å². The molecule has 5 nitrogen and oxygen atoms in total. The SMILES string of the molecule is COc1ccccc1C(=O)Nc1ccc(Cl)c(C(=O)OC2CCCC2)c1. The fourth-order valence-corrected chi connectivity index (χ4v) is 3.21. The number of anilines is 1. The number of rotatable bonds is 5. The molecule has 2 aromatic carbocycles. The molecular formula is C20H20ClNO4. The number of ether oxygens (including phenoxy) is 2. The Labute approximate surface area is 157 Å². The largest absolute Gasteiger partial charge is 0.496 e. The van der Waals surface area contributed by atoms with Crippen LogP contribution in [0.3, 0.4) is 0 Å². The lowest BCUT2D eigenvalue weighted by Crippen LogP contribution is -2.16. The number of methoxy groups -OCH3 is 1. The summed E-state index contributed by atoms with van der Waals surface area (Å²) in [4.78, 5) is 24.9. The predicted molar refractivity (Wildman–Crippen MR) is 100 cm³/mol. The lowest BCUT2D eigenvalue weighted by Gasteiger charge is -2.14. The first-order chi connectivity index (χ1) is 12.6. The van der Waals surface area contributed by atoms with E-state index in [0.717, 1.165) is 25.7 Å². The number of hydrogen-bond acceptors (Lipinski definition) is 4. The monoisotopic (exact) mass is 373 g/mol. The first-order valence-electron chi connectivity index (χ1n) is 8.53. The lowest BCUT2D eigenvalue weighted by atomic mass is 10.1. The Balaban J connectivity index is 1.76. The molecule has 1 aliphatic rings. The van der Waals surface area contributed by atoms with Crippen molar-refractivity contribution in [3.05, 3.63) is 58.6 Å². The number of hydrogen-bond donors (Lipinski definition) is 1. The van der Waals surface area contributed by atoms with Crippen LogP contribution in [0.1, 0.15) is 46.4 Å². The zero-order valence-electron chi connectivity index (χ0n) is 14.5. The molecule has 1 aliphatic carbocycles. The molecule has 26 heavy (non-hydrogen) atoms. The van der Waals surface area contributed by atoms with Crippen molar-refractivity contribution in [3.63, 3.8) is 0 Å². The first kappa shape index (κ1) is 18.3. The smallest absolute Gasteiger partial charge is 0.340 e. The van der Waals surface area contributed by atoms with E-state index in [0.29, 0.717) is 22.0 Å². The molecule has 2 aromatic rings. The highest BCUT2D eigenvalue weighted by atomic mass is 35.5. The summed E-state index contributed by atoms with van der Waals surface area (Å²) >= 11 is 6.14. The van der Waals surface area contributed by atoms with Gasteiger partial charge in [-0.2, -0.15) is 0 Å². The Morgan fingerprint density at radius 2 is 1.81 bits per heavy atom. The van der Waals surface area contributed by atoms with Crippen LogP contribution in [-0.4, -0.2) is 25.1 Å². The quantitative estimate of drug-likeness (QED) is 0.771. The van der Waals surface area contributed by atoms with Crippen molar-refractivity contribution in [1.82, 2.24) is 0 Å². The van der Waals surface area contributed by atoms with Crippen LogP contribution in [0.5, 0.6) is 5.75 Å². The Kier molecular flexibility index (Phi) is 5.78. The summed E-state index contributed by atoms with van der Waals surface area (Å²) in [5, 5.41) is 3.06. The number of carbonyl (C=O) groups is 2. The highest BCUT2D eigenvalue weighted by molar-refractivity contribution is 6.33. The van der Waals surface area contributed by atoms with Gasteiger partial charge >= 0.3 is 5.97 Å². The van der Waals surface area contributed by atoms with Gasteiger partial charge in [0.05, 0.1) is 23.3 Å². The number of benzene rings is 2. The minimum atomic E-state index is -0.463. The van der Waals surface area contributed by atoms with Crippen LogP contribution >= 0.6 is 11.6 Å². The fraction of sp³-hybridized carbons (Fsp3) is 0.300. The summed E-state index contributed by atoms with van der Waals surface area (Å²) in [5.41, 5.74) is 1.11. The summed E-state index contributed by atoms with van der Waals surface area (Å²) in [6.07, 6.45) is 3.85. The van der Waals surface area contributed by atoms with Gasteiger partial charge in [0, 0.05) is 5.69 Å². The van der Waals surface area contributed by atoms with E-state index in [4.69, 9.17) is 21.1 Å². The highest BCUT2D eigenvalue weighted by Crippen LogP contribution is 2.26. The van der Waals surface area contributed by atoms with Crippen LogP contribution < -0.4 is 10.1 Å². The van der Waals surface area contributed by atoms with Gasteiger partial charge in [0.2, 0.25) is 0 Å². The Bertz CT molecular complexity index is 815. The summed E-state index contributed by atoms with van der Waals surface area (Å²) < 4.78 is 10.7. The molecule has 0 aliphatic heterocycles. The van der Waals surface area contributed by atoms with Crippen LogP contribution in [0.15, 0.2) is 42.5 Å². The Hall–Kier alpha value is -2.53. The zero-order chi connectivity index (χ0) is 18.5. The summed E-state index contributed by atoms with van der Waals surface area (Å²) in [7, 11) is 1.51. The van der Waals surface area contributed by atoms with Crippen molar-refractivity contribution in [1.29, 1.82) is 0 Å². The predicted octanol–water partition coefficient (Wildman–Crippen LogP) is 4.70. The number of esters is 1. The van der Waals surface area contributed by atoms with Gasteiger partial charge in [-0.1, -0.05) is 23.7 Å². The average Bonchev–Trinajstić information content (AvgIpc) is 3.16. The van der Waals surface area contributed by atoms with Crippen molar-refractivity contribution in [2.75, 3.05) is 12.4 Å². The number of amides is 1. The molecule has 6 heteroatoms. The maximum atomic E-state index is 12.5. The number of halogens is 1. The molecule has 3 rings (SSSR count). The number of carbonyl (C=O) groups excluding carboxylic acids is 2. The van der Waals surface area contributed by atoms with Crippen LogP contribution in [0, 0.1) is 0 Å². The second kappa shape index (κ2) is 8.23. The average molecular weight is 374 g/mol. The molecule has 0 bridgehead atoms. The third-order valence-corrected chi connectivity index (χ3v) is 4.70. The van der Waals surface area contributed by atoms with Crippen LogP contribution in [0.4, 0.5) is 5.69 Å². The molecule has 0 aromatic heterocycles. The van der Waals surface area contributed by atoms with E-state index in [1.54, 1.807) is 36.4 Å². The molecule has 136 valence electrons. The zero-order valence-corrected chi connectivity index (χ0v) is 15.2. The summed E-state index contributed by atoms with van der Waals surface area (Å²) in [6, 6.07) is 11.7. The molecule has 1 fully saturated rings. The Morgan fingerprint density at radius 3 is 2.54 bits per heavy atom. The number of nitrogens with one attached hydrogen (secondary N) is 1. The van der Waals surface area contributed by atoms with Gasteiger partial charge in [0.15, 0.2) is 0 Å². The van der Waals surface area contributed by atoms with Gasteiger partial charge in [-0.05, 0) is 56.0 Å². The standard InChI is InChI=1S/C20H20ClNO4/c1-25-18-9-5-4-8-15(18)19(23)22-13-10-11-17(21)16(12-13)20(24)26-14-6-2-3-7-14/h4-5,8-12,14H,2-3,6-7H2,1H3,(H,22,23). The van der Waals surface area contributed by atoms with E-state index >= 15 is 0 Å². The Morgan fingerprint density at radius 1 is 1.08 bits per heavy atom. The molecule has 0 saturated heterocycles. The van der Waals surface area contributed by atoms with Gasteiger partial charge in [0.25, 0.3) is 5.91 Å². The second-order valence-corrected chi connectivity index (χ2v) is 6.57. The van der Waals surface area contributed by atoms with Crippen molar-refractivity contribution in [3.8, 4) is 5.75 Å². The maximum absolute atomic E-state index is 12.5. The maximum Gasteiger partial charge on any atom is 0.340 e. The summed E-state index contributed by atoms with van der Waals surface area (Å²) in [6.45, 7) is 0. The molecule has 0 atom stereocenters. The topological polar surface area (TPSA) is 64.6 Å². The number of para-hydroxylation sites is 1. The van der Waals surface area contributed by atoms with Crippen LogP contribution in [0.25, 0.3) is 0 Å². The molecular weight excluding hydrogens is 354 g/mol. The second-order valence-electron chi connectivity index (χ2n) is 6.16. The molecule has 0 radical (unpaired) electrons. The summed E-state index contributed by atoms with van der Waals surface area (Å²) in [5.74, 6) is -0.324. The van der Waals surface area contributed by atoms with E-state index in [1.807, 2.05) is 0 Å². The van der Waals surface area contributed by atoms with Crippen molar-refractivity contribution >= 4 is 29.2 Å². The highest BCUT2D eigenvalue weighted by Gasteiger charge is 2.22. The van der Waals surface area contributed by atoms with Gasteiger partial charge in [-0.25, -0.2) is 4.79 Å². The van der Waals surface area contributed by atoms with Gasteiger partial charge < -0.3 is 14.8 Å². The van der Waals surface area contributed by atoms with Crippen LogP contribution in [0.2, 0.25) is 5.02 Å². The fourth-order valence-electron chi connectivity index (χ4n) is 3.01. The van der Waals surface area contributed by atoms with E-state index in [1.165, 1.54) is 13.2 Å². The van der Waals surface area contributed by atoms with E-state index in [-0.39, 0.29) is 17.6 Å². The van der Waals surface area contributed by atoms with E-state index < -0.39 is 5.97 Å². The molecule has 1 amide bonds. The molecule has 1 N–H and O–H groups in total. The third kappa shape index (κ3) is 4.17. The van der Waals surface area contributed by atoms with Crippen LogP contribution in [-0.2, 0) is 4.74 Å². The minimum absolute atomic E-state index is 0.0506. The van der Waals surface area contributed by atoms with Crippen molar-refractivity contribution in [2.45, 2.75) is 31.8 Å². The van der Waals surface area contributed by atoms with E-state index in [9.17, 15) is 9.59 Å². The third-order valence-electron chi connectivity index (χ3n) is 4.37. The van der Waals surface area contributed by atoms with Crippen molar-refractivity contribution < 1.29 is 19.1 Å². The molecule has 0 heterocycles. The molecule has 1 saturated carbocycles. The van der Waals surface area contributed by atoms with Gasteiger partial charge in [-0.15, -0.1) is 0 Å². The van der Waals surface area contributed by atoms with Gasteiger partial charge in [0.1, 0.15) is 11.9 Å². The van der Waals surface area contributed by atoms with Gasteiger partial charge in [-0.3, -0.25) is 4.79 Å². The molecule has 0 unspecified atom stereocenters. The minimum Gasteiger partial charge on any atom is -0.496 e. The van der Waals surface area contributed by atoms with E-state index in [2.05, 4.69) is 5.32 Å².